The second kappa shape index (κ2) is 7.20. The number of alkyl halides is 3. The molecule has 0 bridgehead atoms. The van der Waals surface area contributed by atoms with E-state index in [-0.39, 0.29) is 24.5 Å². The van der Waals surface area contributed by atoms with Crippen LogP contribution < -0.4 is 0 Å². The standard InChI is InChI=1S/C17H27F3N2O2/c18-17(19,20)13-5-2-1-4-12(13)16(24)22-10-8-21(9-11-22)14-6-3-7-15(14)23/h12-15,23H,1-11H2/t12-,13+,14+,15-/m1/s1. The molecule has 3 aliphatic rings. The van der Waals surface area contributed by atoms with Gasteiger partial charge in [-0.2, -0.15) is 13.2 Å². The third-order valence-electron chi connectivity index (χ3n) is 6.04. The first kappa shape index (κ1) is 18.0. The maximum atomic E-state index is 13.2. The predicted molar refractivity (Wildman–Crippen MR) is 83.3 cm³/mol. The van der Waals surface area contributed by atoms with E-state index in [1.165, 1.54) is 0 Å². The van der Waals surface area contributed by atoms with Gasteiger partial charge < -0.3 is 10.0 Å². The van der Waals surface area contributed by atoms with Crippen molar-refractivity contribution in [2.45, 2.75) is 63.3 Å². The maximum absolute atomic E-state index is 13.2. The van der Waals surface area contributed by atoms with Crippen LogP contribution in [-0.2, 0) is 4.79 Å². The molecule has 0 aromatic heterocycles. The number of aliphatic hydroxyl groups is 1. The molecule has 4 nitrogen and oxygen atoms in total. The van der Waals surface area contributed by atoms with Crippen LogP contribution in [0.4, 0.5) is 13.2 Å². The van der Waals surface area contributed by atoms with Crippen molar-refractivity contribution in [3.8, 4) is 0 Å². The second-order valence-corrected chi connectivity index (χ2v) is 7.47. The molecule has 0 radical (unpaired) electrons. The number of hydrogen-bond acceptors (Lipinski definition) is 3. The van der Waals surface area contributed by atoms with E-state index in [2.05, 4.69) is 4.90 Å². The molecule has 0 unspecified atom stereocenters. The number of amides is 1. The molecule has 1 heterocycles. The number of nitrogens with zero attached hydrogens (tertiary/aromatic N) is 2. The van der Waals surface area contributed by atoms with E-state index in [1.54, 1.807) is 4.90 Å². The number of carbonyl (C=O) groups is 1. The SMILES string of the molecule is O=C([C@@H]1CCCC[C@@H]1C(F)(F)F)N1CCN([C@H]2CCC[C@H]2O)CC1. The van der Waals surface area contributed by atoms with Gasteiger partial charge in [0, 0.05) is 38.1 Å². The number of carbonyl (C=O) groups excluding carboxylic acids is 1. The maximum Gasteiger partial charge on any atom is 0.392 e. The lowest BCUT2D eigenvalue weighted by Gasteiger charge is -2.42. The molecule has 0 spiro atoms. The second-order valence-electron chi connectivity index (χ2n) is 7.47. The summed E-state index contributed by atoms with van der Waals surface area (Å²) in [5, 5.41) is 10.00. The minimum atomic E-state index is -4.28. The molecular weight excluding hydrogens is 321 g/mol. The Morgan fingerprint density at radius 3 is 2.17 bits per heavy atom. The third kappa shape index (κ3) is 3.72. The van der Waals surface area contributed by atoms with Crippen molar-refractivity contribution in [1.82, 2.24) is 9.80 Å². The Kier molecular flexibility index (Phi) is 5.39. The van der Waals surface area contributed by atoms with Crippen molar-refractivity contribution in [1.29, 1.82) is 0 Å². The van der Waals surface area contributed by atoms with E-state index in [4.69, 9.17) is 0 Å². The quantitative estimate of drug-likeness (QED) is 0.833. The Labute approximate surface area is 141 Å². The zero-order valence-corrected chi connectivity index (χ0v) is 14.0. The van der Waals surface area contributed by atoms with E-state index in [1.807, 2.05) is 0 Å². The fraction of sp³-hybridized carbons (Fsp3) is 0.941. The summed E-state index contributed by atoms with van der Waals surface area (Å²) < 4.78 is 39.7. The molecule has 7 heteroatoms. The lowest BCUT2D eigenvalue weighted by Crippen LogP contribution is -2.55. The highest BCUT2D eigenvalue weighted by atomic mass is 19.4. The summed E-state index contributed by atoms with van der Waals surface area (Å²) in [7, 11) is 0. The van der Waals surface area contributed by atoms with E-state index in [0.29, 0.717) is 45.4 Å². The fourth-order valence-corrected chi connectivity index (χ4v) is 4.67. The van der Waals surface area contributed by atoms with Gasteiger partial charge in [-0.15, -0.1) is 0 Å². The number of aliphatic hydroxyl groups excluding tert-OH is 1. The van der Waals surface area contributed by atoms with Gasteiger partial charge in [0.2, 0.25) is 5.91 Å². The third-order valence-corrected chi connectivity index (χ3v) is 6.04. The number of rotatable bonds is 2. The molecule has 138 valence electrons. The van der Waals surface area contributed by atoms with Crippen LogP contribution in [0.25, 0.3) is 0 Å². The van der Waals surface area contributed by atoms with Crippen molar-refractivity contribution in [2.24, 2.45) is 11.8 Å². The molecule has 3 fully saturated rings. The normalized spacial score (nSPS) is 36.1. The first-order valence-corrected chi connectivity index (χ1v) is 9.15. The number of hydrogen-bond donors (Lipinski definition) is 1. The average molecular weight is 348 g/mol. The van der Waals surface area contributed by atoms with Gasteiger partial charge in [-0.05, 0) is 32.1 Å². The summed E-state index contributed by atoms with van der Waals surface area (Å²) in [6, 6.07) is 0.153. The molecule has 0 aromatic rings. The van der Waals surface area contributed by atoms with Crippen LogP contribution in [0.3, 0.4) is 0 Å². The summed E-state index contributed by atoms with van der Waals surface area (Å²) in [6.07, 6.45) is -0.0959. The Morgan fingerprint density at radius 1 is 0.917 bits per heavy atom. The van der Waals surface area contributed by atoms with Gasteiger partial charge in [-0.3, -0.25) is 9.69 Å². The fourth-order valence-electron chi connectivity index (χ4n) is 4.67. The number of halogens is 3. The van der Waals surface area contributed by atoms with Crippen LogP contribution in [0.5, 0.6) is 0 Å². The molecule has 2 saturated carbocycles. The van der Waals surface area contributed by atoms with Crippen LogP contribution >= 0.6 is 0 Å². The molecule has 24 heavy (non-hydrogen) atoms. The molecular formula is C17H27F3N2O2. The van der Waals surface area contributed by atoms with Gasteiger partial charge >= 0.3 is 6.18 Å². The van der Waals surface area contributed by atoms with Crippen LogP contribution in [0, 0.1) is 11.8 Å². The van der Waals surface area contributed by atoms with E-state index < -0.39 is 18.0 Å². The van der Waals surface area contributed by atoms with Gasteiger partial charge in [0.25, 0.3) is 0 Å². The minimum Gasteiger partial charge on any atom is -0.391 e. The van der Waals surface area contributed by atoms with Crippen LogP contribution in [0.1, 0.15) is 44.9 Å². The molecule has 4 atom stereocenters. The highest BCUT2D eigenvalue weighted by Crippen LogP contribution is 2.42. The summed E-state index contributed by atoms with van der Waals surface area (Å²) in [5.74, 6) is -2.69. The highest BCUT2D eigenvalue weighted by Gasteiger charge is 2.49. The Hall–Kier alpha value is -0.820. The Morgan fingerprint density at radius 2 is 1.58 bits per heavy atom. The van der Waals surface area contributed by atoms with Crippen LogP contribution in [0.2, 0.25) is 0 Å². The van der Waals surface area contributed by atoms with E-state index in [9.17, 15) is 23.1 Å². The van der Waals surface area contributed by atoms with Gasteiger partial charge in [0.15, 0.2) is 0 Å². The molecule has 1 aliphatic heterocycles. The van der Waals surface area contributed by atoms with E-state index >= 15 is 0 Å². The minimum absolute atomic E-state index is 0.0775. The van der Waals surface area contributed by atoms with Crippen LogP contribution in [0.15, 0.2) is 0 Å². The van der Waals surface area contributed by atoms with Crippen LogP contribution in [-0.4, -0.2) is 65.3 Å². The molecule has 1 N–H and O–H groups in total. The summed E-state index contributed by atoms with van der Waals surface area (Å²) >= 11 is 0. The van der Waals surface area contributed by atoms with Crippen molar-refractivity contribution in [3.63, 3.8) is 0 Å². The smallest absolute Gasteiger partial charge is 0.391 e. The first-order valence-electron chi connectivity index (χ1n) is 9.15. The Bertz CT molecular complexity index is 450. The largest absolute Gasteiger partial charge is 0.392 e. The Balaban J connectivity index is 1.58. The molecule has 2 aliphatic carbocycles. The van der Waals surface area contributed by atoms with E-state index in [0.717, 1.165) is 19.3 Å². The zero-order valence-electron chi connectivity index (χ0n) is 14.0. The molecule has 0 aromatic carbocycles. The monoisotopic (exact) mass is 348 g/mol. The lowest BCUT2D eigenvalue weighted by molar-refractivity contribution is -0.201. The van der Waals surface area contributed by atoms with Crippen molar-refractivity contribution < 1.29 is 23.1 Å². The summed E-state index contributed by atoms with van der Waals surface area (Å²) in [4.78, 5) is 16.5. The predicted octanol–water partition coefficient (Wildman–Crippen LogP) is 2.41. The number of piperazine rings is 1. The van der Waals surface area contributed by atoms with Crippen molar-refractivity contribution >= 4 is 5.91 Å². The van der Waals surface area contributed by atoms with Gasteiger partial charge in [0.05, 0.1) is 12.0 Å². The lowest BCUT2D eigenvalue weighted by atomic mass is 9.78. The van der Waals surface area contributed by atoms with Crippen molar-refractivity contribution in [2.75, 3.05) is 26.2 Å². The molecule has 1 saturated heterocycles. The highest BCUT2D eigenvalue weighted by molar-refractivity contribution is 5.79. The average Bonchev–Trinajstić information content (AvgIpc) is 2.99. The first-order chi connectivity index (χ1) is 11.4. The summed E-state index contributed by atoms with van der Waals surface area (Å²) in [6.45, 7) is 2.25. The van der Waals surface area contributed by atoms with Gasteiger partial charge in [-0.1, -0.05) is 12.8 Å². The molecule has 1 amide bonds. The summed E-state index contributed by atoms with van der Waals surface area (Å²) in [5.41, 5.74) is 0. The van der Waals surface area contributed by atoms with Gasteiger partial charge in [0.1, 0.15) is 0 Å². The van der Waals surface area contributed by atoms with Crippen molar-refractivity contribution in [3.05, 3.63) is 0 Å². The molecule has 3 rings (SSSR count). The topological polar surface area (TPSA) is 43.8 Å². The zero-order chi connectivity index (χ0) is 17.3. The van der Waals surface area contributed by atoms with Gasteiger partial charge in [-0.25, -0.2) is 0 Å².